The number of hydrogen-bond donors (Lipinski definition) is 0. The van der Waals surface area contributed by atoms with Crippen molar-refractivity contribution in [2.75, 3.05) is 25.7 Å². The van der Waals surface area contributed by atoms with E-state index in [0.29, 0.717) is 30.9 Å². The van der Waals surface area contributed by atoms with E-state index in [9.17, 15) is 9.59 Å². The average molecular weight is 494 g/mol. The number of thioether (sulfide) groups is 1. The Labute approximate surface area is 185 Å². The zero-order chi connectivity index (χ0) is 21.0. The van der Waals surface area contributed by atoms with Crippen LogP contribution in [0.5, 0.6) is 11.5 Å². The Kier molecular flexibility index (Phi) is 6.94. The second-order valence-electron chi connectivity index (χ2n) is 5.74. The van der Waals surface area contributed by atoms with E-state index in [1.165, 1.54) is 23.8 Å². The third-order valence-corrected chi connectivity index (χ3v) is 5.87. The molecular weight excluding hydrogens is 478 g/mol. The number of benzene rings is 2. The fourth-order valence-electron chi connectivity index (χ4n) is 2.56. The molecule has 0 bridgehead atoms. The van der Waals surface area contributed by atoms with Crippen LogP contribution in [0.2, 0.25) is 0 Å². The summed E-state index contributed by atoms with van der Waals surface area (Å²) >= 11 is 10.1. The molecule has 0 aromatic heterocycles. The van der Waals surface area contributed by atoms with Gasteiger partial charge in [0, 0.05) is 0 Å². The molecule has 0 radical (unpaired) electrons. The minimum Gasteiger partial charge on any atom is -0.495 e. The van der Waals surface area contributed by atoms with Crippen LogP contribution in [0.3, 0.4) is 0 Å². The number of hydrogen-bond acceptors (Lipinski definition) is 7. The van der Waals surface area contributed by atoms with Crippen molar-refractivity contribution in [2.45, 2.75) is 0 Å². The molecule has 0 atom stereocenters. The molecule has 0 unspecified atom stereocenters. The van der Waals surface area contributed by atoms with Crippen LogP contribution >= 0.6 is 39.9 Å². The van der Waals surface area contributed by atoms with Gasteiger partial charge in [0.2, 0.25) is 0 Å². The van der Waals surface area contributed by atoms with Crippen molar-refractivity contribution in [3.05, 3.63) is 57.4 Å². The Morgan fingerprint density at radius 3 is 2.66 bits per heavy atom. The molecule has 150 valence electrons. The summed E-state index contributed by atoms with van der Waals surface area (Å²) in [5.41, 5.74) is 1.39. The van der Waals surface area contributed by atoms with Crippen LogP contribution in [-0.2, 0) is 14.3 Å². The van der Waals surface area contributed by atoms with E-state index in [-0.39, 0.29) is 12.5 Å². The first-order valence-corrected chi connectivity index (χ1v) is 10.4. The summed E-state index contributed by atoms with van der Waals surface area (Å²) in [6.07, 6.45) is 1.75. The van der Waals surface area contributed by atoms with Gasteiger partial charge in [0.15, 0.2) is 10.9 Å². The topological polar surface area (TPSA) is 65.1 Å². The summed E-state index contributed by atoms with van der Waals surface area (Å²) in [6.45, 7) is -0.188. The highest BCUT2D eigenvalue weighted by molar-refractivity contribution is 9.10. The van der Waals surface area contributed by atoms with Gasteiger partial charge in [0.05, 0.1) is 29.3 Å². The number of esters is 1. The van der Waals surface area contributed by atoms with Crippen molar-refractivity contribution in [1.82, 2.24) is 0 Å². The Morgan fingerprint density at radius 1 is 1.21 bits per heavy atom. The molecule has 0 N–H and O–H groups in total. The molecular formula is C20H16BrNO5S2. The van der Waals surface area contributed by atoms with Crippen molar-refractivity contribution in [2.24, 2.45) is 0 Å². The number of carbonyl (C=O) groups is 2. The third kappa shape index (κ3) is 4.80. The lowest BCUT2D eigenvalue weighted by Gasteiger charge is -2.17. The molecule has 29 heavy (non-hydrogen) atoms. The van der Waals surface area contributed by atoms with Crippen LogP contribution in [0.15, 0.2) is 51.8 Å². The molecule has 1 amide bonds. The van der Waals surface area contributed by atoms with Gasteiger partial charge >= 0.3 is 5.97 Å². The molecule has 1 fully saturated rings. The normalized spacial score (nSPS) is 15.0. The smallest absolute Gasteiger partial charge is 0.343 e. The van der Waals surface area contributed by atoms with Gasteiger partial charge < -0.3 is 14.2 Å². The highest BCUT2D eigenvalue weighted by atomic mass is 79.9. The Morgan fingerprint density at radius 2 is 1.97 bits per heavy atom. The van der Waals surface area contributed by atoms with E-state index >= 15 is 0 Å². The van der Waals surface area contributed by atoms with Gasteiger partial charge in [-0.25, -0.2) is 4.79 Å². The predicted octanol–water partition coefficient (Wildman–Crippen LogP) is 4.42. The number of nitrogens with zero attached hydrogens (tertiary/aromatic N) is 1. The summed E-state index contributed by atoms with van der Waals surface area (Å²) in [6, 6.07) is 12.5. The van der Waals surface area contributed by atoms with Crippen LogP contribution in [-0.4, -0.2) is 37.0 Å². The molecule has 1 heterocycles. The summed E-state index contributed by atoms with van der Waals surface area (Å²) in [4.78, 5) is 26.1. The molecule has 0 saturated carbocycles. The van der Waals surface area contributed by atoms with Gasteiger partial charge in [-0.1, -0.05) is 42.2 Å². The largest absolute Gasteiger partial charge is 0.495 e. The second-order valence-corrected chi connectivity index (χ2v) is 8.27. The third-order valence-electron chi connectivity index (χ3n) is 3.95. The van der Waals surface area contributed by atoms with Crippen LogP contribution in [0.4, 0.5) is 5.69 Å². The first kappa shape index (κ1) is 21.4. The summed E-state index contributed by atoms with van der Waals surface area (Å²) in [7, 11) is 2.85. The molecule has 0 spiro atoms. The van der Waals surface area contributed by atoms with Crippen molar-refractivity contribution in [3.8, 4) is 11.5 Å². The van der Waals surface area contributed by atoms with Gasteiger partial charge in [-0.15, -0.1) is 0 Å². The van der Waals surface area contributed by atoms with Gasteiger partial charge in [-0.05, 0) is 51.8 Å². The number of amides is 1. The number of methoxy groups -OCH3 is 2. The second kappa shape index (κ2) is 9.43. The molecule has 2 aromatic rings. The van der Waals surface area contributed by atoms with Crippen molar-refractivity contribution in [3.63, 3.8) is 0 Å². The van der Waals surface area contributed by atoms with Crippen LogP contribution in [0.1, 0.15) is 5.56 Å². The van der Waals surface area contributed by atoms with Crippen LogP contribution in [0, 0.1) is 0 Å². The first-order chi connectivity index (χ1) is 13.9. The maximum Gasteiger partial charge on any atom is 0.343 e. The SMILES string of the molecule is COC(=O)COc1ccc(/C=C2/SC(=S)N(c3ccccc3OC)C2=O)cc1Br. The lowest BCUT2D eigenvalue weighted by molar-refractivity contribution is -0.142. The quantitative estimate of drug-likeness (QED) is 0.335. The lowest BCUT2D eigenvalue weighted by atomic mass is 10.2. The van der Waals surface area contributed by atoms with E-state index < -0.39 is 5.97 Å². The monoisotopic (exact) mass is 493 g/mol. The number of rotatable bonds is 6. The van der Waals surface area contributed by atoms with E-state index in [4.69, 9.17) is 21.7 Å². The van der Waals surface area contributed by atoms with Crippen molar-refractivity contribution < 1.29 is 23.8 Å². The number of anilines is 1. The zero-order valence-electron chi connectivity index (χ0n) is 15.5. The maximum absolute atomic E-state index is 13.0. The number of thiocarbonyl (C=S) groups is 1. The fourth-order valence-corrected chi connectivity index (χ4v) is 4.36. The minimum atomic E-state index is -0.471. The van der Waals surface area contributed by atoms with E-state index in [1.54, 1.807) is 43.5 Å². The maximum atomic E-state index is 13.0. The summed E-state index contributed by atoms with van der Waals surface area (Å²) in [5.74, 6) is 0.377. The lowest BCUT2D eigenvalue weighted by Crippen LogP contribution is -2.27. The van der Waals surface area contributed by atoms with Crippen LogP contribution in [0.25, 0.3) is 6.08 Å². The van der Waals surface area contributed by atoms with Gasteiger partial charge in [-0.3, -0.25) is 9.69 Å². The summed E-state index contributed by atoms with van der Waals surface area (Å²) in [5, 5.41) is 0. The Balaban J connectivity index is 1.82. The molecule has 2 aromatic carbocycles. The first-order valence-electron chi connectivity index (χ1n) is 8.34. The molecule has 1 aliphatic heterocycles. The summed E-state index contributed by atoms with van der Waals surface area (Å²) < 4.78 is 16.4. The average Bonchev–Trinajstić information content (AvgIpc) is 2.99. The number of para-hydroxylation sites is 2. The van der Waals surface area contributed by atoms with Crippen molar-refractivity contribution >= 4 is 67.9 Å². The molecule has 9 heteroatoms. The fraction of sp³-hybridized carbons (Fsp3) is 0.150. The number of carbonyl (C=O) groups excluding carboxylic acids is 2. The van der Waals surface area contributed by atoms with Gasteiger partial charge in [0.1, 0.15) is 11.5 Å². The van der Waals surface area contributed by atoms with E-state index in [0.717, 1.165) is 5.56 Å². The Hall–Kier alpha value is -2.36. The number of ether oxygens (including phenoxy) is 3. The number of halogens is 1. The molecule has 0 aliphatic carbocycles. The highest BCUT2D eigenvalue weighted by Gasteiger charge is 2.34. The zero-order valence-corrected chi connectivity index (χ0v) is 18.7. The van der Waals surface area contributed by atoms with E-state index in [1.807, 2.05) is 12.1 Å². The van der Waals surface area contributed by atoms with Gasteiger partial charge in [0.25, 0.3) is 5.91 Å². The van der Waals surface area contributed by atoms with Gasteiger partial charge in [-0.2, -0.15) is 0 Å². The molecule has 1 saturated heterocycles. The molecule has 6 nitrogen and oxygen atoms in total. The molecule has 3 rings (SSSR count). The minimum absolute atomic E-state index is 0.188. The standard InChI is InChI=1S/C20H16BrNO5S2/c1-25-16-6-4-3-5-14(16)22-19(24)17(29-20(22)28)10-12-7-8-15(13(21)9-12)27-11-18(23)26-2/h3-10H,11H2,1-2H3/b17-10+. The predicted molar refractivity (Wildman–Crippen MR) is 120 cm³/mol. The van der Waals surface area contributed by atoms with E-state index in [2.05, 4.69) is 20.7 Å². The highest BCUT2D eigenvalue weighted by Crippen LogP contribution is 2.40. The molecule has 1 aliphatic rings. The van der Waals surface area contributed by atoms with Crippen molar-refractivity contribution in [1.29, 1.82) is 0 Å². The van der Waals surface area contributed by atoms with Crippen LogP contribution < -0.4 is 14.4 Å². The Bertz CT molecular complexity index is 1010.